The molecule has 3 amide bonds. The SMILES string of the molecule is CC(C)OC(=O)NC(=O)c1cc(F)sc1NC(=O)c1cn2ccccc2n1. The van der Waals surface area contributed by atoms with E-state index < -0.39 is 29.1 Å². The summed E-state index contributed by atoms with van der Waals surface area (Å²) in [5.74, 6) is -1.49. The molecule has 0 fully saturated rings. The zero-order valence-electron chi connectivity index (χ0n) is 14.4. The van der Waals surface area contributed by atoms with Gasteiger partial charge in [0.1, 0.15) is 16.3 Å². The van der Waals surface area contributed by atoms with Gasteiger partial charge in [0.2, 0.25) is 0 Å². The molecule has 3 heterocycles. The van der Waals surface area contributed by atoms with Crippen LogP contribution in [0.5, 0.6) is 0 Å². The Hall–Kier alpha value is -3.27. The van der Waals surface area contributed by atoms with Crippen molar-refractivity contribution in [1.29, 1.82) is 0 Å². The van der Waals surface area contributed by atoms with E-state index in [0.717, 1.165) is 6.07 Å². The third kappa shape index (κ3) is 4.29. The van der Waals surface area contributed by atoms with E-state index in [1.807, 2.05) is 5.32 Å². The molecule has 0 saturated heterocycles. The normalized spacial score (nSPS) is 10.8. The first-order valence-corrected chi connectivity index (χ1v) is 8.71. The number of hydrogen-bond acceptors (Lipinski definition) is 6. The Labute approximate surface area is 157 Å². The molecule has 0 atom stereocenters. The molecule has 0 saturated carbocycles. The standard InChI is InChI=1S/C17H15FN4O4S/c1-9(2)26-17(25)21-14(23)10-7-12(18)27-16(10)20-15(24)11-8-22-6-4-3-5-13(22)19-11/h3-9H,1-2H3,(H,20,24)(H,21,23,25). The van der Waals surface area contributed by atoms with Crippen molar-refractivity contribution in [1.82, 2.24) is 14.7 Å². The average Bonchev–Trinajstić information content (AvgIpc) is 3.17. The molecule has 3 aromatic rings. The minimum Gasteiger partial charge on any atom is -0.447 e. The summed E-state index contributed by atoms with van der Waals surface area (Å²) >= 11 is 0.567. The third-order valence-electron chi connectivity index (χ3n) is 3.33. The van der Waals surface area contributed by atoms with Gasteiger partial charge >= 0.3 is 6.09 Å². The summed E-state index contributed by atoms with van der Waals surface area (Å²) in [4.78, 5) is 40.3. The molecule has 0 unspecified atom stereocenters. The molecule has 27 heavy (non-hydrogen) atoms. The summed E-state index contributed by atoms with van der Waals surface area (Å²) in [6.07, 6.45) is 1.85. The molecular formula is C17H15FN4O4S. The molecule has 0 radical (unpaired) electrons. The number of imidazole rings is 1. The van der Waals surface area contributed by atoms with Crippen molar-refractivity contribution >= 4 is 39.9 Å². The van der Waals surface area contributed by atoms with E-state index in [4.69, 9.17) is 4.74 Å². The number of imide groups is 1. The molecule has 0 spiro atoms. The number of carbonyl (C=O) groups excluding carboxylic acids is 3. The maximum absolute atomic E-state index is 13.7. The van der Waals surface area contributed by atoms with Crippen molar-refractivity contribution in [2.24, 2.45) is 0 Å². The van der Waals surface area contributed by atoms with Crippen molar-refractivity contribution in [2.45, 2.75) is 20.0 Å². The predicted molar refractivity (Wildman–Crippen MR) is 96.5 cm³/mol. The number of alkyl carbamates (subject to hydrolysis) is 1. The van der Waals surface area contributed by atoms with Crippen LogP contribution in [-0.4, -0.2) is 33.4 Å². The fourth-order valence-corrected chi connectivity index (χ4v) is 3.01. The molecular weight excluding hydrogens is 375 g/mol. The van der Waals surface area contributed by atoms with Gasteiger partial charge in [-0.15, -0.1) is 0 Å². The fourth-order valence-electron chi connectivity index (χ4n) is 2.24. The van der Waals surface area contributed by atoms with E-state index >= 15 is 0 Å². The van der Waals surface area contributed by atoms with Crippen LogP contribution >= 0.6 is 11.3 Å². The maximum Gasteiger partial charge on any atom is 0.414 e. The first-order chi connectivity index (χ1) is 12.8. The lowest BCUT2D eigenvalue weighted by Crippen LogP contribution is -2.33. The number of hydrogen-bond donors (Lipinski definition) is 2. The first kappa shape index (κ1) is 18.5. The highest BCUT2D eigenvalue weighted by Crippen LogP contribution is 2.27. The van der Waals surface area contributed by atoms with Crippen LogP contribution in [0.3, 0.4) is 0 Å². The third-order valence-corrected chi connectivity index (χ3v) is 4.17. The summed E-state index contributed by atoms with van der Waals surface area (Å²) in [6, 6.07) is 6.21. The van der Waals surface area contributed by atoms with Gasteiger partial charge in [0.15, 0.2) is 5.13 Å². The number of nitrogens with zero attached hydrogens (tertiary/aromatic N) is 2. The number of amides is 3. The number of halogens is 1. The summed E-state index contributed by atoms with van der Waals surface area (Å²) in [5, 5.41) is 3.71. The van der Waals surface area contributed by atoms with Crippen molar-refractivity contribution in [3.05, 3.63) is 53.0 Å². The molecule has 0 aliphatic heterocycles. The van der Waals surface area contributed by atoms with Crippen molar-refractivity contribution in [3.8, 4) is 0 Å². The molecule has 2 N–H and O–H groups in total. The fraction of sp³-hybridized carbons (Fsp3) is 0.176. The second-order valence-corrected chi connectivity index (χ2v) is 6.75. The van der Waals surface area contributed by atoms with Gasteiger partial charge < -0.3 is 14.5 Å². The van der Waals surface area contributed by atoms with Gasteiger partial charge in [0.05, 0.1) is 11.7 Å². The summed E-state index contributed by atoms with van der Waals surface area (Å²) in [7, 11) is 0. The van der Waals surface area contributed by atoms with Gasteiger partial charge in [0.25, 0.3) is 11.8 Å². The lowest BCUT2D eigenvalue weighted by atomic mass is 10.3. The van der Waals surface area contributed by atoms with Crippen LogP contribution in [0.15, 0.2) is 36.7 Å². The smallest absolute Gasteiger partial charge is 0.414 e. The van der Waals surface area contributed by atoms with Crippen LogP contribution in [-0.2, 0) is 4.74 Å². The molecule has 0 aromatic carbocycles. The first-order valence-electron chi connectivity index (χ1n) is 7.90. The number of aromatic nitrogens is 2. The van der Waals surface area contributed by atoms with Crippen LogP contribution in [0.25, 0.3) is 5.65 Å². The van der Waals surface area contributed by atoms with Crippen molar-refractivity contribution in [3.63, 3.8) is 0 Å². The number of rotatable bonds is 4. The number of ether oxygens (including phenoxy) is 1. The van der Waals surface area contributed by atoms with Crippen LogP contribution in [0.4, 0.5) is 14.2 Å². The zero-order valence-corrected chi connectivity index (χ0v) is 15.2. The second kappa shape index (κ2) is 7.54. The Kier molecular flexibility index (Phi) is 5.17. The van der Waals surface area contributed by atoms with E-state index in [0.29, 0.717) is 17.0 Å². The van der Waals surface area contributed by atoms with Gasteiger partial charge in [-0.25, -0.2) is 9.78 Å². The zero-order chi connectivity index (χ0) is 19.6. The van der Waals surface area contributed by atoms with E-state index in [1.165, 1.54) is 6.20 Å². The lowest BCUT2D eigenvalue weighted by Gasteiger charge is -2.09. The molecule has 0 aliphatic rings. The van der Waals surface area contributed by atoms with Gasteiger partial charge in [-0.1, -0.05) is 17.4 Å². The van der Waals surface area contributed by atoms with Crippen molar-refractivity contribution in [2.75, 3.05) is 5.32 Å². The van der Waals surface area contributed by atoms with Crippen LogP contribution in [0.2, 0.25) is 0 Å². The van der Waals surface area contributed by atoms with Gasteiger partial charge in [-0.2, -0.15) is 4.39 Å². The van der Waals surface area contributed by atoms with Crippen molar-refractivity contribution < 1.29 is 23.5 Å². The Morgan fingerprint density at radius 1 is 1.26 bits per heavy atom. The van der Waals surface area contributed by atoms with Gasteiger partial charge in [-0.3, -0.25) is 14.9 Å². The largest absolute Gasteiger partial charge is 0.447 e. The Balaban J connectivity index is 1.78. The number of anilines is 1. The summed E-state index contributed by atoms with van der Waals surface area (Å²) in [6.45, 7) is 3.24. The maximum atomic E-state index is 13.7. The van der Waals surface area contributed by atoms with E-state index in [-0.39, 0.29) is 16.3 Å². The molecule has 10 heteroatoms. The Morgan fingerprint density at radius 2 is 2.04 bits per heavy atom. The number of nitrogens with one attached hydrogen (secondary N) is 2. The van der Waals surface area contributed by atoms with Crippen LogP contribution in [0.1, 0.15) is 34.7 Å². The number of carbonyl (C=O) groups is 3. The summed E-state index contributed by atoms with van der Waals surface area (Å²) in [5.41, 5.74) is 0.477. The highest BCUT2D eigenvalue weighted by molar-refractivity contribution is 7.15. The van der Waals surface area contributed by atoms with Gasteiger partial charge in [-0.05, 0) is 26.0 Å². The van der Waals surface area contributed by atoms with E-state index in [1.54, 1.807) is 42.6 Å². The average molecular weight is 390 g/mol. The van der Waals surface area contributed by atoms with Crippen LogP contribution in [0, 0.1) is 5.13 Å². The summed E-state index contributed by atoms with van der Waals surface area (Å²) < 4.78 is 20.1. The van der Waals surface area contributed by atoms with E-state index in [2.05, 4.69) is 10.3 Å². The van der Waals surface area contributed by atoms with Gasteiger partial charge in [0, 0.05) is 18.5 Å². The van der Waals surface area contributed by atoms with Crippen LogP contribution < -0.4 is 10.6 Å². The highest BCUT2D eigenvalue weighted by atomic mass is 32.1. The topological polar surface area (TPSA) is 102 Å². The molecule has 3 rings (SSSR count). The number of thiophene rings is 1. The highest BCUT2D eigenvalue weighted by Gasteiger charge is 2.22. The minimum absolute atomic E-state index is 0.0376. The monoisotopic (exact) mass is 390 g/mol. The Morgan fingerprint density at radius 3 is 2.74 bits per heavy atom. The molecule has 8 nitrogen and oxygen atoms in total. The molecule has 140 valence electrons. The lowest BCUT2D eigenvalue weighted by molar-refractivity contribution is 0.0877. The molecule has 0 bridgehead atoms. The number of pyridine rings is 1. The number of fused-ring (bicyclic) bond motifs is 1. The quantitative estimate of drug-likeness (QED) is 0.713. The predicted octanol–water partition coefficient (Wildman–Crippen LogP) is 3.06. The second-order valence-electron chi connectivity index (χ2n) is 5.75. The minimum atomic E-state index is -0.959. The molecule has 0 aliphatic carbocycles. The Bertz CT molecular complexity index is 994. The molecule has 3 aromatic heterocycles. The van der Waals surface area contributed by atoms with E-state index in [9.17, 15) is 18.8 Å².